The summed E-state index contributed by atoms with van der Waals surface area (Å²) in [5.41, 5.74) is -10.8. The molecule has 0 amide bonds. The fraction of sp³-hybridized carbons (Fsp3) is 0.333. The molecule has 0 aromatic heterocycles. The topological polar surface area (TPSA) is 36.9 Å². The summed E-state index contributed by atoms with van der Waals surface area (Å²) in [5, 5.41) is 0. The smallest absolute Gasteiger partial charge is 0.432 e. The van der Waals surface area contributed by atoms with E-state index in [2.05, 4.69) is 16.4 Å². The second kappa shape index (κ2) is 24.8. The molecular weight excluding hydrogens is 1090 g/mol. The van der Waals surface area contributed by atoms with Crippen LogP contribution in [-0.2, 0) is 24.6 Å². The van der Waals surface area contributed by atoms with Gasteiger partial charge in [-0.2, -0.15) is 43.9 Å². The van der Waals surface area contributed by atoms with Crippen molar-refractivity contribution in [3.63, 3.8) is 0 Å². The standard InChI is InChI=1S/C54H42F20O4/c1-28(10-6-2-4-8-16-75-31-12-14-35(37(55)22-31)29-18-39(57)49(40(58)19-29)53(71,72)77-33-24-43(61)47(44(62)25-33)51(65,66)67)11-7-3-5-9-17-76-32-13-15-36(38(56)23-32)30-20-41(59)50(42(60)21-30)54(73,74)78-34-26-45(63)48(46(64)27-34)52(68,69)70/h12-15,18-28H,2-11,16-17H2,1H3. The Morgan fingerprint density at radius 3 is 0.910 bits per heavy atom. The first-order chi connectivity index (χ1) is 36.5. The molecule has 422 valence electrons. The molecule has 0 spiro atoms. The molecule has 0 saturated carbocycles. The van der Waals surface area contributed by atoms with Crippen molar-refractivity contribution in [2.24, 2.45) is 5.92 Å². The van der Waals surface area contributed by atoms with E-state index in [1.54, 1.807) is 0 Å². The zero-order valence-corrected chi connectivity index (χ0v) is 40.3. The fourth-order valence-electron chi connectivity index (χ4n) is 8.23. The molecule has 4 nitrogen and oxygen atoms in total. The summed E-state index contributed by atoms with van der Waals surface area (Å²) >= 11 is 0. The van der Waals surface area contributed by atoms with E-state index < -0.39 is 139 Å². The van der Waals surface area contributed by atoms with Crippen molar-refractivity contribution in [3.05, 3.63) is 165 Å². The Bertz CT molecular complexity index is 2770. The maximum absolute atomic E-state index is 15.1. The second-order valence-electron chi connectivity index (χ2n) is 17.9. The number of rotatable bonds is 24. The number of hydrogen-bond acceptors (Lipinski definition) is 4. The van der Waals surface area contributed by atoms with Crippen LogP contribution in [0.25, 0.3) is 22.3 Å². The lowest BCUT2D eigenvalue weighted by Gasteiger charge is -2.21. The first kappa shape index (κ1) is 60.4. The van der Waals surface area contributed by atoms with Crippen LogP contribution in [-0.4, -0.2) is 13.2 Å². The molecule has 0 aliphatic rings. The van der Waals surface area contributed by atoms with Crippen LogP contribution in [0.2, 0.25) is 0 Å². The average Bonchev–Trinajstić information content (AvgIpc) is 3.33. The third-order valence-electron chi connectivity index (χ3n) is 12.0. The normalized spacial score (nSPS) is 12.4. The maximum atomic E-state index is 15.1. The van der Waals surface area contributed by atoms with E-state index in [-0.39, 0.29) is 49.0 Å². The zero-order valence-electron chi connectivity index (χ0n) is 40.3. The Labute approximate surface area is 431 Å². The average molecular weight is 1130 g/mol. The minimum atomic E-state index is -5.53. The van der Waals surface area contributed by atoms with E-state index in [1.165, 1.54) is 12.1 Å². The predicted molar refractivity (Wildman–Crippen MR) is 242 cm³/mol. The number of halogens is 20. The monoisotopic (exact) mass is 1130 g/mol. The first-order valence-corrected chi connectivity index (χ1v) is 23.6. The van der Waals surface area contributed by atoms with Gasteiger partial charge < -0.3 is 18.9 Å². The van der Waals surface area contributed by atoms with Gasteiger partial charge in [-0.05, 0) is 78.4 Å². The summed E-state index contributed by atoms with van der Waals surface area (Å²) in [6, 6.07) is 6.99. The highest BCUT2D eigenvalue weighted by Crippen LogP contribution is 2.43. The van der Waals surface area contributed by atoms with E-state index in [0.717, 1.165) is 75.6 Å². The number of hydrogen-bond donors (Lipinski definition) is 0. The molecule has 0 unspecified atom stereocenters. The van der Waals surface area contributed by atoms with Gasteiger partial charge in [0.05, 0.1) is 13.2 Å². The minimum absolute atomic E-state index is 0.0615. The van der Waals surface area contributed by atoms with Gasteiger partial charge in [-0.15, -0.1) is 0 Å². The molecule has 0 atom stereocenters. The third-order valence-corrected chi connectivity index (χ3v) is 12.0. The van der Waals surface area contributed by atoms with Gasteiger partial charge in [0.2, 0.25) is 0 Å². The van der Waals surface area contributed by atoms with Crippen LogP contribution in [0.3, 0.4) is 0 Å². The Kier molecular flexibility index (Phi) is 19.2. The lowest BCUT2D eigenvalue weighted by molar-refractivity contribution is -0.190. The summed E-state index contributed by atoms with van der Waals surface area (Å²) in [7, 11) is 0. The van der Waals surface area contributed by atoms with E-state index in [4.69, 9.17) is 9.47 Å². The second-order valence-corrected chi connectivity index (χ2v) is 17.9. The lowest BCUT2D eigenvalue weighted by atomic mass is 9.96. The van der Waals surface area contributed by atoms with Crippen molar-refractivity contribution in [2.45, 2.75) is 95.7 Å². The fourth-order valence-corrected chi connectivity index (χ4v) is 8.23. The molecule has 78 heavy (non-hydrogen) atoms. The third kappa shape index (κ3) is 15.2. The van der Waals surface area contributed by atoms with Gasteiger partial charge in [0, 0.05) is 47.5 Å². The van der Waals surface area contributed by atoms with Crippen molar-refractivity contribution in [1.82, 2.24) is 0 Å². The van der Waals surface area contributed by atoms with Crippen LogP contribution >= 0.6 is 0 Å². The van der Waals surface area contributed by atoms with Crippen LogP contribution in [0.15, 0.2) is 84.9 Å². The van der Waals surface area contributed by atoms with Crippen LogP contribution in [0, 0.1) is 64.1 Å². The maximum Gasteiger partial charge on any atom is 0.432 e. The Morgan fingerprint density at radius 1 is 0.333 bits per heavy atom. The molecule has 0 aliphatic carbocycles. The van der Waals surface area contributed by atoms with Gasteiger partial charge in [0.15, 0.2) is 0 Å². The highest BCUT2D eigenvalue weighted by Gasteiger charge is 2.45. The van der Waals surface area contributed by atoms with Gasteiger partial charge >= 0.3 is 24.6 Å². The molecule has 0 N–H and O–H groups in total. The number of alkyl halides is 10. The van der Waals surface area contributed by atoms with Crippen molar-refractivity contribution in [3.8, 4) is 45.3 Å². The van der Waals surface area contributed by atoms with Gasteiger partial charge in [0.1, 0.15) is 103 Å². The van der Waals surface area contributed by atoms with Crippen molar-refractivity contribution in [2.75, 3.05) is 13.2 Å². The zero-order chi connectivity index (χ0) is 57.5. The molecule has 6 aromatic rings. The minimum Gasteiger partial charge on any atom is -0.493 e. The van der Waals surface area contributed by atoms with Crippen LogP contribution < -0.4 is 18.9 Å². The lowest BCUT2D eigenvalue weighted by Crippen LogP contribution is -2.25. The highest BCUT2D eigenvalue weighted by atomic mass is 19.4. The number of benzene rings is 6. The molecular formula is C54H42F20O4. The molecule has 0 saturated heterocycles. The molecule has 0 heterocycles. The Morgan fingerprint density at radius 2 is 0.615 bits per heavy atom. The predicted octanol–water partition coefficient (Wildman–Crippen LogP) is 18.7. The van der Waals surface area contributed by atoms with E-state index in [0.29, 0.717) is 43.0 Å². The Hall–Kier alpha value is -6.88. The van der Waals surface area contributed by atoms with Crippen LogP contribution in [0.1, 0.15) is 93.4 Å². The van der Waals surface area contributed by atoms with Gasteiger partial charge in [0.25, 0.3) is 0 Å². The summed E-state index contributed by atoms with van der Waals surface area (Å²) in [4.78, 5) is 0. The molecule has 0 aliphatic heterocycles. The summed E-state index contributed by atoms with van der Waals surface area (Å²) in [6.07, 6.45) is -12.8. The molecule has 6 rings (SSSR count). The SMILES string of the molecule is CC(CCCCCCOc1ccc(-c2cc(F)c(C(F)(F)Oc3cc(F)c(C(F)(F)F)c(F)c3)c(F)c2)c(F)c1)CCCCCCOc1ccc(-c2cc(F)c(C(F)(F)Oc3cc(F)c(C(F)(F)F)c(F)c3)c(F)c2)c(F)c1. The summed E-state index contributed by atoms with van der Waals surface area (Å²) in [5.74, 6) is -21.7. The van der Waals surface area contributed by atoms with Gasteiger partial charge in [-0.1, -0.05) is 58.3 Å². The van der Waals surface area contributed by atoms with Gasteiger partial charge in [-0.3, -0.25) is 0 Å². The van der Waals surface area contributed by atoms with Crippen molar-refractivity contribution in [1.29, 1.82) is 0 Å². The van der Waals surface area contributed by atoms with Crippen molar-refractivity contribution < 1.29 is 107 Å². The van der Waals surface area contributed by atoms with E-state index in [9.17, 15) is 79.0 Å². The van der Waals surface area contributed by atoms with Crippen LogP contribution in [0.5, 0.6) is 23.0 Å². The van der Waals surface area contributed by atoms with Crippen molar-refractivity contribution >= 4 is 0 Å². The largest absolute Gasteiger partial charge is 0.493 e. The summed E-state index contributed by atoms with van der Waals surface area (Å²) in [6.45, 7) is 2.50. The molecule has 0 fully saturated rings. The number of ether oxygens (including phenoxy) is 4. The molecule has 24 heteroatoms. The first-order valence-electron chi connectivity index (χ1n) is 23.6. The highest BCUT2D eigenvalue weighted by molar-refractivity contribution is 5.67. The van der Waals surface area contributed by atoms with E-state index in [1.807, 2.05) is 0 Å². The van der Waals surface area contributed by atoms with Gasteiger partial charge in [-0.25, -0.2) is 43.9 Å². The molecule has 0 bridgehead atoms. The molecule has 0 radical (unpaired) electrons. The number of unbranched alkanes of at least 4 members (excludes halogenated alkanes) is 6. The van der Waals surface area contributed by atoms with E-state index >= 15 is 8.78 Å². The quantitative estimate of drug-likeness (QED) is 0.0447. The molecule has 6 aromatic carbocycles. The Balaban J connectivity index is 0.855. The van der Waals surface area contributed by atoms with Crippen LogP contribution in [0.4, 0.5) is 87.8 Å². The summed E-state index contributed by atoms with van der Waals surface area (Å²) < 4.78 is 301.